The Morgan fingerprint density at radius 3 is 1.77 bits per heavy atom. The van der Waals surface area contributed by atoms with E-state index in [1.165, 1.54) is 64.2 Å². The Labute approximate surface area is 135 Å². The highest BCUT2D eigenvalue weighted by Gasteiger charge is 2.36. The molecule has 22 heavy (non-hydrogen) atoms. The van der Waals surface area contributed by atoms with Crippen LogP contribution in [0.1, 0.15) is 77.0 Å². The van der Waals surface area contributed by atoms with Crippen LogP contribution in [0.4, 0.5) is 0 Å². The molecule has 0 aromatic heterocycles. The Balaban J connectivity index is 1.41. The molecular formula is C19H33NO2. The monoisotopic (exact) mass is 307 g/mol. The van der Waals surface area contributed by atoms with Crippen LogP contribution in [0.2, 0.25) is 0 Å². The van der Waals surface area contributed by atoms with Gasteiger partial charge >= 0.3 is 5.97 Å². The maximum Gasteiger partial charge on any atom is 0.303 e. The van der Waals surface area contributed by atoms with Crippen LogP contribution in [0, 0.1) is 29.6 Å². The van der Waals surface area contributed by atoms with Gasteiger partial charge in [0.15, 0.2) is 0 Å². The molecule has 0 saturated heterocycles. The van der Waals surface area contributed by atoms with E-state index in [0.29, 0.717) is 18.4 Å². The van der Waals surface area contributed by atoms with Gasteiger partial charge in [-0.3, -0.25) is 4.79 Å². The Hall–Kier alpha value is -0.570. The summed E-state index contributed by atoms with van der Waals surface area (Å²) in [5.41, 5.74) is 6.04. The van der Waals surface area contributed by atoms with E-state index in [2.05, 4.69) is 0 Å². The summed E-state index contributed by atoms with van der Waals surface area (Å²) in [4.78, 5) is 10.9. The number of rotatable bonds is 4. The predicted octanol–water partition coefficient (Wildman–Crippen LogP) is 4.20. The fraction of sp³-hybridized carbons (Fsp3) is 0.947. The van der Waals surface area contributed by atoms with Gasteiger partial charge in [-0.15, -0.1) is 0 Å². The predicted molar refractivity (Wildman–Crippen MR) is 88.5 cm³/mol. The molecule has 3 aliphatic carbocycles. The standard InChI is InChI=1S/C19H33NO2/c20-18-9-7-15(8-10-18)14-3-5-16(6-4-14)17-2-1-13(11-17)12-19(21)22/h13-18H,1-12,20H2,(H,21,22)/t13?,14?,15?,16?,17-,18?/m1/s1. The van der Waals surface area contributed by atoms with Crippen LogP contribution < -0.4 is 5.73 Å². The summed E-state index contributed by atoms with van der Waals surface area (Å²) in [7, 11) is 0. The van der Waals surface area contributed by atoms with E-state index < -0.39 is 5.97 Å². The van der Waals surface area contributed by atoms with Crippen molar-refractivity contribution in [3.05, 3.63) is 0 Å². The van der Waals surface area contributed by atoms with E-state index in [9.17, 15) is 4.79 Å². The van der Waals surface area contributed by atoms with Gasteiger partial charge < -0.3 is 10.8 Å². The highest BCUT2D eigenvalue weighted by molar-refractivity contribution is 5.67. The first kappa shape index (κ1) is 16.3. The zero-order valence-electron chi connectivity index (χ0n) is 13.9. The Bertz CT molecular complexity index is 368. The zero-order valence-corrected chi connectivity index (χ0v) is 13.9. The van der Waals surface area contributed by atoms with Crippen molar-refractivity contribution in [3.63, 3.8) is 0 Å². The topological polar surface area (TPSA) is 63.3 Å². The number of nitrogens with two attached hydrogens (primary N) is 1. The van der Waals surface area contributed by atoms with Crippen molar-refractivity contribution < 1.29 is 9.90 Å². The second-order valence-corrected chi connectivity index (χ2v) is 8.39. The molecule has 3 rings (SSSR count). The minimum absolute atomic E-state index is 0.397. The van der Waals surface area contributed by atoms with Crippen molar-refractivity contribution in [2.45, 2.75) is 83.1 Å². The van der Waals surface area contributed by atoms with E-state index in [1.807, 2.05) is 0 Å². The van der Waals surface area contributed by atoms with Crippen molar-refractivity contribution >= 4 is 5.97 Å². The molecule has 0 amide bonds. The number of aliphatic carboxylic acids is 1. The summed E-state index contributed by atoms with van der Waals surface area (Å²) in [6, 6.07) is 0.470. The van der Waals surface area contributed by atoms with Crippen molar-refractivity contribution in [2.75, 3.05) is 0 Å². The van der Waals surface area contributed by atoms with E-state index in [0.717, 1.165) is 30.1 Å². The highest BCUT2D eigenvalue weighted by atomic mass is 16.4. The van der Waals surface area contributed by atoms with Gasteiger partial charge in [0.1, 0.15) is 0 Å². The van der Waals surface area contributed by atoms with Crippen molar-refractivity contribution in [1.82, 2.24) is 0 Å². The molecule has 126 valence electrons. The molecule has 3 N–H and O–H groups in total. The molecule has 2 atom stereocenters. The average molecular weight is 307 g/mol. The van der Waals surface area contributed by atoms with Crippen molar-refractivity contribution in [2.24, 2.45) is 35.3 Å². The van der Waals surface area contributed by atoms with Crippen LogP contribution in [0.5, 0.6) is 0 Å². The minimum atomic E-state index is -0.607. The molecule has 3 heteroatoms. The smallest absolute Gasteiger partial charge is 0.303 e. The lowest BCUT2D eigenvalue weighted by atomic mass is 9.68. The number of hydrogen-bond donors (Lipinski definition) is 2. The SMILES string of the molecule is NC1CCC(C2CCC([C@@H]3CCC(CC(=O)O)C3)CC2)CC1. The fourth-order valence-electron chi connectivity index (χ4n) is 5.68. The lowest BCUT2D eigenvalue weighted by Crippen LogP contribution is -2.32. The molecule has 0 aromatic rings. The van der Waals surface area contributed by atoms with E-state index in [-0.39, 0.29) is 0 Å². The van der Waals surface area contributed by atoms with Gasteiger partial charge in [0.05, 0.1) is 0 Å². The maximum atomic E-state index is 10.9. The second kappa shape index (κ2) is 7.33. The summed E-state index contributed by atoms with van der Waals surface area (Å²) in [5, 5.41) is 8.96. The lowest BCUT2D eigenvalue weighted by Gasteiger charge is -2.38. The number of carboxylic acid groups (broad SMARTS) is 1. The third-order valence-electron chi connectivity index (χ3n) is 7.01. The number of carboxylic acids is 1. The summed E-state index contributed by atoms with van der Waals surface area (Å²) < 4.78 is 0. The highest BCUT2D eigenvalue weighted by Crippen LogP contribution is 2.46. The van der Waals surface area contributed by atoms with Crippen LogP contribution in [0.25, 0.3) is 0 Å². The largest absolute Gasteiger partial charge is 0.481 e. The van der Waals surface area contributed by atoms with Crippen LogP contribution in [0.15, 0.2) is 0 Å². The first-order chi connectivity index (χ1) is 10.6. The second-order valence-electron chi connectivity index (χ2n) is 8.39. The van der Waals surface area contributed by atoms with Gasteiger partial charge in [-0.1, -0.05) is 0 Å². The molecule has 0 heterocycles. The van der Waals surface area contributed by atoms with Gasteiger partial charge in [0.25, 0.3) is 0 Å². The Morgan fingerprint density at radius 1 is 0.773 bits per heavy atom. The van der Waals surface area contributed by atoms with E-state index >= 15 is 0 Å². The maximum absolute atomic E-state index is 10.9. The van der Waals surface area contributed by atoms with E-state index in [1.54, 1.807) is 0 Å². The third kappa shape index (κ3) is 4.04. The third-order valence-corrected chi connectivity index (χ3v) is 7.01. The molecule has 0 aromatic carbocycles. The quantitative estimate of drug-likeness (QED) is 0.818. The zero-order chi connectivity index (χ0) is 15.5. The van der Waals surface area contributed by atoms with Gasteiger partial charge in [-0.25, -0.2) is 0 Å². The molecule has 0 bridgehead atoms. The summed E-state index contributed by atoms with van der Waals surface area (Å²) >= 11 is 0. The first-order valence-corrected chi connectivity index (χ1v) is 9.59. The van der Waals surface area contributed by atoms with Crippen molar-refractivity contribution in [1.29, 1.82) is 0 Å². The lowest BCUT2D eigenvalue weighted by molar-refractivity contribution is -0.138. The molecule has 3 aliphatic rings. The van der Waals surface area contributed by atoms with Gasteiger partial charge in [0.2, 0.25) is 0 Å². The van der Waals surface area contributed by atoms with Crippen molar-refractivity contribution in [3.8, 4) is 0 Å². The normalized spacial score (nSPS) is 43.1. The Morgan fingerprint density at radius 2 is 1.23 bits per heavy atom. The van der Waals surface area contributed by atoms with Gasteiger partial charge in [0, 0.05) is 12.5 Å². The molecular weight excluding hydrogens is 274 g/mol. The van der Waals surface area contributed by atoms with Crippen LogP contribution in [-0.2, 0) is 4.79 Å². The summed E-state index contributed by atoms with van der Waals surface area (Å²) in [6.07, 6.45) is 14.9. The van der Waals surface area contributed by atoms with Gasteiger partial charge in [-0.2, -0.15) is 0 Å². The first-order valence-electron chi connectivity index (χ1n) is 9.59. The number of hydrogen-bond acceptors (Lipinski definition) is 2. The van der Waals surface area contributed by atoms with Crippen LogP contribution >= 0.6 is 0 Å². The average Bonchev–Trinajstić information content (AvgIpc) is 2.96. The molecule has 1 unspecified atom stereocenters. The molecule has 3 saturated carbocycles. The molecule has 0 radical (unpaired) electrons. The molecule has 0 aliphatic heterocycles. The van der Waals surface area contributed by atoms with Crippen LogP contribution in [-0.4, -0.2) is 17.1 Å². The minimum Gasteiger partial charge on any atom is -0.481 e. The van der Waals surface area contributed by atoms with Crippen LogP contribution in [0.3, 0.4) is 0 Å². The van der Waals surface area contributed by atoms with Gasteiger partial charge in [-0.05, 0) is 100 Å². The Kier molecular flexibility index (Phi) is 5.43. The molecule has 3 nitrogen and oxygen atoms in total. The molecule has 3 fully saturated rings. The summed E-state index contributed by atoms with van der Waals surface area (Å²) in [6.45, 7) is 0. The summed E-state index contributed by atoms with van der Waals surface area (Å²) in [5.74, 6) is 3.47. The molecule has 0 spiro atoms. The number of carbonyl (C=O) groups is 1. The van der Waals surface area contributed by atoms with E-state index in [4.69, 9.17) is 10.8 Å². The fourth-order valence-corrected chi connectivity index (χ4v) is 5.68.